The number of benzene rings is 3. The number of piperazine rings is 1. The summed E-state index contributed by atoms with van der Waals surface area (Å²) in [6.07, 6.45) is 4.66. The fourth-order valence-corrected chi connectivity index (χ4v) is 10.4. The molecule has 10 rings (SSSR count). The summed E-state index contributed by atoms with van der Waals surface area (Å²) >= 11 is 1.22. The van der Waals surface area contributed by atoms with Gasteiger partial charge in [-0.25, -0.2) is 18.7 Å². The molecule has 3 fully saturated rings. The Morgan fingerprint density at radius 3 is 2.40 bits per heavy atom. The molecule has 0 saturated carbocycles. The van der Waals surface area contributed by atoms with Crippen molar-refractivity contribution in [2.24, 2.45) is 0 Å². The number of likely N-dealkylation sites (tertiary alicyclic amines) is 1. The van der Waals surface area contributed by atoms with Crippen LogP contribution >= 0.6 is 11.3 Å². The zero-order chi connectivity index (χ0) is 44.8. The second-order valence-electron chi connectivity index (χ2n) is 17.4. The number of thiazole rings is 1. The minimum Gasteiger partial charge on any atom is -0.374 e. The van der Waals surface area contributed by atoms with E-state index in [0.717, 1.165) is 42.9 Å². The van der Waals surface area contributed by atoms with Gasteiger partial charge in [0, 0.05) is 78.8 Å². The summed E-state index contributed by atoms with van der Waals surface area (Å²) < 4.78 is 32.1. The number of anilines is 3. The SMILES string of the molecule is O=C1CC[C@@H](Nc2ccc(C3CCN(CC(=O)N4CCN(c5ccc(-c6cc(F)c7c(c6)C(=O)N([C@@H](C(=O)Nc6nccs6)c6ncn8c6C[C@@H](F)C8)C7)cc5)CC4)CC3)cc2)C(=O)N1. The predicted octanol–water partition coefficient (Wildman–Crippen LogP) is 5.12. The number of imide groups is 1. The molecule has 18 heteroatoms. The number of hydrogen-bond acceptors (Lipinski definition) is 11. The standard InChI is InChI=1S/C47H48F2N10O5S/c48-32-23-39-42(51-27-58(39)24-32)43(45(63)54-47-50-13-20-65-47)59-25-36-35(46(59)64)21-31(22-37(36)49)29-3-7-34(8-4-29)56-16-18-57(19-17-56)41(61)26-55-14-11-30(12-15-55)28-1-5-33(6-2-28)52-38-9-10-40(60)53-44(38)62/h1-8,13,20-22,27,30,32,38,43,52H,9-12,14-19,23-26H2,(H,50,54,63)(H,53,60,62)/t32-,38-,43-/m1/s1. The van der Waals surface area contributed by atoms with Gasteiger partial charge in [0.25, 0.3) is 11.8 Å². The maximum atomic E-state index is 15.9. The van der Waals surface area contributed by atoms with E-state index in [0.29, 0.717) is 67.9 Å². The highest BCUT2D eigenvalue weighted by atomic mass is 32.1. The fourth-order valence-electron chi connectivity index (χ4n) is 9.83. The number of nitrogens with zero attached hydrogens (tertiary/aromatic N) is 7. The van der Waals surface area contributed by atoms with E-state index in [-0.39, 0.29) is 54.1 Å². The molecular weight excluding hydrogens is 855 g/mol. The number of carbonyl (C=O) groups excluding carboxylic acids is 5. The number of fused-ring (bicyclic) bond motifs is 2. The molecule has 15 nitrogen and oxygen atoms in total. The molecule has 3 atom stereocenters. The average Bonchev–Trinajstić information content (AvgIpc) is 4.12. The number of alkyl halides is 1. The van der Waals surface area contributed by atoms with Crippen molar-refractivity contribution in [3.05, 3.63) is 112 Å². The number of piperidine rings is 2. The van der Waals surface area contributed by atoms with Crippen LogP contribution in [0.4, 0.5) is 25.3 Å². The summed E-state index contributed by atoms with van der Waals surface area (Å²) in [5.41, 5.74) is 5.45. The van der Waals surface area contributed by atoms with Crippen LogP contribution in [0.5, 0.6) is 0 Å². The third-order valence-corrected chi connectivity index (χ3v) is 14.1. The Hall–Kier alpha value is -6.53. The molecule has 5 aliphatic rings. The van der Waals surface area contributed by atoms with Crippen molar-refractivity contribution in [3.63, 3.8) is 0 Å². The highest BCUT2D eigenvalue weighted by Gasteiger charge is 2.43. The summed E-state index contributed by atoms with van der Waals surface area (Å²) in [4.78, 5) is 81.3. The molecule has 0 unspecified atom stereocenters. The van der Waals surface area contributed by atoms with Crippen LogP contribution in [0, 0.1) is 5.82 Å². The van der Waals surface area contributed by atoms with Crippen LogP contribution < -0.4 is 20.9 Å². The van der Waals surface area contributed by atoms with Gasteiger partial charge in [0.1, 0.15) is 18.0 Å². The Morgan fingerprint density at radius 2 is 1.68 bits per heavy atom. The van der Waals surface area contributed by atoms with Crippen LogP contribution in [-0.2, 0) is 38.7 Å². The quantitative estimate of drug-likeness (QED) is 0.152. The van der Waals surface area contributed by atoms with E-state index in [9.17, 15) is 28.4 Å². The van der Waals surface area contributed by atoms with Crippen molar-refractivity contribution in [1.82, 2.24) is 34.6 Å². The maximum Gasteiger partial charge on any atom is 0.255 e. The first-order valence-electron chi connectivity index (χ1n) is 22.1. The van der Waals surface area contributed by atoms with E-state index in [1.165, 1.54) is 34.2 Å². The van der Waals surface area contributed by atoms with Gasteiger partial charge in [-0.15, -0.1) is 11.3 Å². The van der Waals surface area contributed by atoms with Crippen molar-refractivity contribution in [2.45, 2.75) is 69.4 Å². The van der Waals surface area contributed by atoms with E-state index >= 15 is 4.39 Å². The van der Waals surface area contributed by atoms with Crippen molar-refractivity contribution >= 4 is 57.4 Å². The smallest absolute Gasteiger partial charge is 0.255 e. The molecule has 65 heavy (non-hydrogen) atoms. The molecular formula is C47H48F2N10O5S. The predicted molar refractivity (Wildman–Crippen MR) is 239 cm³/mol. The second kappa shape index (κ2) is 17.8. The van der Waals surface area contributed by atoms with E-state index in [1.54, 1.807) is 22.2 Å². The molecule has 3 saturated heterocycles. The van der Waals surface area contributed by atoms with Crippen molar-refractivity contribution in [1.29, 1.82) is 0 Å². The Morgan fingerprint density at radius 1 is 0.908 bits per heavy atom. The number of rotatable bonds is 11. The van der Waals surface area contributed by atoms with Crippen LogP contribution in [-0.4, -0.2) is 117 Å². The molecule has 5 amide bonds. The topological polar surface area (TPSA) is 165 Å². The zero-order valence-corrected chi connectivity index (χ0v) is 36.4. The number of aromatic nitrogens is 3. The monoisotopic (exact) mass is 902 g/mol. The molecule has 0 radical (unpaired) electrons. The molecule has 3 N–H and O–H groups in total. The number of halogens is 2. The van der Waals surface area contributed by atoms with E-state index in [4.69, 9.17) is 0 Å². The number of imidazole rings is 1. The number of nitrogens with one attached hydrogen (secondary N) is 3. The van der Waals surface area contributed by atoms with Crippen LogP contribution in [0.2, 0.25) is 0 Å². The van der Waals surface area contributed by atoms with Crippen LogP contribution in [0.3, 0.4) is 0 Å². The first-order chi connectivity index (χ1) is 31.5. The number of carbonyl (C=O) groups is 5. The third kappa shape index (κ3) is 8.71. The Labute approximate surface area is 377 Å². The molecule has 7 heterocycles. The first-order valence-corrected chi connectivity index (χ1v) is 23.0. The maximum absolute atomic E-state index is 15.9. The van der Waals surface area contributed by atoms with Gasteiger partial charge in [0.05, 0.1) is 31.7 Å². The molecule has 0 bridgehead atoms. The second-order valence-corrected chi connectivity index (χ2v) is 18.3. The van der Waals surface area contributed by atoms with Gasteiger partial charge < -0.3 is 24.6 Å². The third-order valence-electron chi connectivity index (χ3n) is 13.4. The van der Waals surface area contributed by atoms with Gasteiger partial charge in [0.15, 0.2) is 11.2 Å². The van der Waals surface area contributed by atoms with Crippen molar-refractivity contribution in [3.8, 4) is 11.1 Å². The van der Waals surface area contributed by atoms with E-state index in [2.05, 4.69) is 47.9 Å². The highest BCUT2D eigenvalue weighted by Crippen LogP contribution is 2.39. The largest absolute Gasteiger partial charge is 0.374 e. The summed E-state index contributed by atoms with van der Waals surface area (Å²) in [6, 6.07) is 17.3. The van der Waals surface area contributed by atoms with Gasteiger partial charge >= 0.3 is 0 Å². The number of amides is 5. The fraction of sp³-hybridized carbons (Fsp3) is 0.383. The summed E-state index contributed by atoms with van der Waals surface area (Å²) in [5.74, 6) is -1.64. The zero-order valence-electron chi connectivity index (χ0n) is 35.6. The van der Waals surface area contributed by atoms with Gasteiger partial charge in [0.2, 0.25) is 17.7 Å². The lowest BCUT2D eigenvalue weighted by molar-refractivity contribution is -0.134. The van der Waals surface area contributed by atoms with E-state index < -0.39 is 35.9 Å². The summed E-state index contributed by atoms with van der Waals surface area (Å²) in [6.45, 7) is 4.55. The van der Waals surface area contributed by atoms with Gasteiger partial charge in [-0.05, 0) is 91.4 Å². The molecule has 3 aromatic carbocycles. The van der Waals surface area contributed by atoms with Crippen LogP contribution in [0.1, 0.15) is 70.5 Å². The molecule has 5 aliphatic heterocycles. The highest BCUT2D eigenvalue weighted by molar-refractivity contribution is 7.13. The average molecular weight is 903 g/mol. The summed E-state index contributed by atoms with van der Waals surface area (Å²) in [7, 11) is 0. The minimum atomic E-state index is -1.23. The molecule has 336 valence electrons. The normalized spacial score (nSPS) is 20.7. The first kappa shape index (κ1) is 42.4. The van der Waals surface area contributed by atoms with Gasteiger partial charge in [-0.1, -0.05) is 24.3 Å². The molecule has 2 aromatic heterocycles. The number of hydrogen-bond donors (Lipinski definition) is 3. The van der Waals surface area contributed by atoms with Gasteiger partial charge in [-0.2, -0.15) is 0 Å². The molecule has 0 spiro atoms. The van der Waals surface area contributed by atoms with Gasteiger partial charge in [-0.3, -0.25) is 39.5 Å². The molecule has 0 aliphatic carbocycles. The lowest BCUT2D eigenvalue weighted by Crippen LogP contribution is -2.51. The minimum absolute atomic E-state index is 0.0593. The Balaban J connectivity index is 0.725. The van der Waals surface area contributed by atoms with Crippen molar-refractivity contribution < 1.29 is 32.8 Å². The summed E-state index contributed by atoms with van der Waals surface area (Å²) in [5, 5.41) is 10.4. The Bertz CT molecular complexity index is 2630. The van der Waals surface area contributed by atoms with Crippen LogP contribution in [0.25, 0.3) is 11.1 Å². The van der Waals surface area contributed by atoms with Crippen molar-refractivity contribution in [2.75, 3.05) is 61.3 Å². The van der Waals surface area contributed by atoms with E-state index in [1.807, 2.05) is 41.3 Å². The molecule has 5 aromatic rings. The Kier molecular flexibility index (Phi) is 11.6. The lowest BCUT2D eigenvalue weighted by atomic mass is 9.89. The van der Waals surface area contributed by atoms with Crippen LogP contribution in [0.15, 0.2) is 78.6 Å². The lowest BCUT2D eigenvalue weighted by Gasteiger charge is -2.38.